The maximum Gasteiger partial charge on any atom is 0.343 e. The Morgan fingerprint density at radius 1 is 0.794 bits per heavy atom. The van der Waals surface area contributed by atoms with Crippen LogP contribution in [0, 0.1) is 6.92 Å². The van der Waals surface area contributed by atoms with Gasteiger partial charge in [0.05, 0.1) is 11.1 Å². The quantitative estimate of drug-likeness (QED) is 0.274. The van der Waals surface area contributed by atoms with E-state index >= 15 is 0 Å². The number of rotatable bonds is 7. The number of hydrogen-bond acceptors (Lipinski definition) is 4. The summed E-state index contributed by atoms with van der Waals surface area (Å²) in [5.74, 6) is 0.174. The van der Waals surface area contributed by atoms with Crippen LogP contribution in [0.25, 0.3) is 0 Å². The topological polar surface area (TPSA) is 52.6 Å². The number of carbonyl (C=O) groups is 2. The number of aryl methyl sites for hydroxylation is 2. The molecule has 1 saturated carbocycles. The molecule has 0 aromatic heterocycles. The molecule has 34 heavy (non-hydrogen) atoms. The Morgan fingerprint density at radius 3 is 1.85 bits per heavy atom. The lowest BCUT2D eigenvalue weighted by Gasteiger charge is -2.28. The second-order valence-corrected chi connectivity index (χ2v) is 9.02. The highest BCUT2D eigenvalue weighted by molar-refractivity contribution is 5.93. The summed E-state index contributed by atoms with van der Waals surface area (Å²) in [6.45, 7) is 4.16. The van der Waals surface area contributed by atoms with Crippen LogP contribution in [-0.4, -0.2) is 11.9 Å². The molecular weight excluding hydrogens is 424 g/mol. The molecule has 0 aliphatic heterocycles. The summed E-state index contributed by atoms with van der Waals surface area (Å²) in [6, 6.07) is 20.0. The van der Waals surface area contributed by atoms with Crippen LogP contribution in [0.2, 0.25) is 0 Å². The molecule has 0 radical (unpaired) electrons. The predicted molar refractivity (Wildman–Crippen MR) is 134 cm³/mol. The van der Waals surface area contributed by atoms with Crippen molar-refractivity contribution in [2.24, 2.45) is 0 Å². The molecule has 3 aromatic carbocycles. The molecule has 0 saturated heterocycles. The summed E-state index contributed by atoms with van der Waals surface area (Å²) < 4.78 is 12.1. The Hall–Kier alpha value is -3.40. The third kappa shape index (κ3) is 5.39. The van der Waals surface area contributed by atoms with Gasteiger partial charge in [-0.05, 0) is 67.5 Å². The second-order valence-electron chi connectivity index (χ2n) is 9.02. The van der Waals surface area contributed by atoms with Gasteiger partial charge in [-0.3, -0.25) is 0 Å². The van der Waals surface area contributed by atoms with Crippen LogP contribution >= 0.6 is 0 Å². The van der Waals surface area contributed by atoms with Crippen molar-refractivity contribution < 1.29 is 19.1 Å². The fourth-order valence-electron chi connectivity index (χ4n) is 4.87. The minimum absolute atomic E-state index is 0.275. The maximum absolute atomic E-state index is 13.2. The van der Waals surface area contributed by atoms with Gasteiger partial charge in [-0.25, -0.2) is 9.59 Å². The Morgan fingerprint density at radius 2 is 1.32 bits per heavy atom. The summed E-state index contributed by atoms with van der Waals surface area (Å²) in [5.41, 5.74) is 3.91. The molecule has 4 rings (SSSR count). The number of ether oxygens (including phenoxy) is 2. The molecule has 0 atom stereocenters. The van der Waals surface area contributed by atoms with E-state index in [1.165, 1.54) is 6.42 Å². The van der Waals surface area contributed by atoms with Crippen molar-refractivity contribution in [3.63, 3.8) is 0 Å². The Balaban J connectivity index is 1.83. The van der Waals surface area contributed by atoms with E-state index in [1.54, 1.807) is 24.3 Å². The van der Waals surface area contributed by atoms with Crippen molar-refractivity contribution in [3.05, 3.63) is 94.5 Å². The highest BCUT2D eigenvalue weighted by Crippen LogP contribution is 2.46. The van der Waals surface area contributed by atoms with Crippen molar-refractivity contribution in [1.82, 2.24) is 0 Å². The van der Waals surface area contributed by atoms with Gasteiger partial charge in [0.1, 0.15) is 0 Å². The standard InChI is InChI=1S/C30H32O4/c1-3-13-25-20-21(2)26(22-14-7-4-8-15-22)28(34-30(32)24-18-11-6-12-19-24)27(25)33-29(31)23-16-9-5-10-17-23/h5-6,9-12,16-20,22H,3-4,7-8,13-15H2,1-2H3. The summed E-state index contributed by atoms with van der Waals surface area (Å²) in [5, 5.41) is 0. The van der Waals surface area contributed by atoms with Gasteiger partial charge in [-0.15, -0.1) is 0 Å². The number of esters is 2. The van der Waals surface area contributed by atoms with Gasteiger partial charge < -0.3 is 9.47 Å². The maximum atomic E-state index is 13.2. The molecule has 0 spiro atoms. The molecule has 1 aliphatic rings. The van der Waals surface area contributed by atoms with E-state index in [2.05, 4.69) is 19.9 Å². The van der Waals surface area contributed by atoms with Crippen LogP contribution in [0.15, 0.2) is 66.7 Å². The van der Waals surface area contributed by atoms with Gasteiger partial charge in [0, 0.05) is 5.56 Å². The third-order valence-electron chi connectivity index (χ3n) is 6.50. The average Bonchev–Trinajstić information content (AvgIpc) is 2.87. The average molecular weight is 457 g/mol. The largest absolute Gasteiger partial charge is 0.419 e. The molecule has 1 aliphatic carbocycles. The summed E-state index contributed by atoms with van der Waals surface area (Å²) >= 11 is 0. The minimum Gasteiger partial charge on any atom is -0.419 e. The van der Waals surface area contributed by atoms with Crippen molar-refractivity contribution in [2.45, 2.75) is 64.7 Å². The molecule has 0 amide bonds. The van der Waals surface area contributed by atoms with Gasteiger partial charge in [-0.1, -0.05) is 75.1 Å². The van der Waals surface area contributed by atoms with Crippen molar-refractivity contribution in [1.29, 1.82) is 0 Å². The van der Waals surface area contributed by atoms with Crippen molar-refractivity contribution >= 4 is 11.9 Å². The first-order valence-electron chi connectivity index (χ1n) is 12.3. The van der Waals surface area contributed by atoms with Crippen LogP contribution in [0.1, 0.15) is 88.8 Å². The Bertz CT molecular complexity index is 1130. The predicted octanol–water partition coefficient (Wildman–Crippen LogP) is 7.43. The molecular formula is C30H32O4. The molecule has 0 N–H and O–H groups in total. The fraction of sp³-hybridized carbons (Fsp3) is 0.333. The zero-order chi connectivity index (χ0) is 23.9. The smallest absolute Gasteiger partial charge is 0.343 e. The first-order chi connectivity index (χ1) is 16.6. The molecule has 4 heteroatoms. The van der Waals surface area contributed by atoms with Gasteiger partial charge in [0.25, 0.3) is 0 Å². The summed E-state index contributed by atoms with van der Waals surface area (Å²) in [4.78, 5) is 26.3. The molecule has 1 fully saturated rings. The lowest BCUT2D eigenvalue weighted by Crippen LogP contribution is -2.18. The zero-order valence-electron chi connectivity index (χ0n) is 20.0. The third-order valence-corrected chi connectivity index (χ3v) is 6.50. The first kappa shape index (κ1) is 23.7. The highest BCUT2D eigenvalue weighted by Gasteiger charge is 2.29. The Kier molecular flexibility index (Phi) is 7.79. The highest BCUT2D eigenvalue weighted by atomic mass is 16.6. The van der Waals surface area contributed by atoms with Crippen LogP contribution in [0.3, 0.4) is 0 Å². The van der Waals surface area contributed by atoms with Crippen molar-refractivity contribution in [2.75, 3.05) is 0 Å². The molecule has 176 valence electrons. The van der Waals surface area contributed by atoms with Gasteiger partial charge >= 0.3 is 11.9 Å². The minimum atomic E-state index is -0.451. The van der Waals surface area contributed by atoms with E-state index in [9.17, 15) is 9.59 Å². The molecule has 0 unspecified atom stereocenters. The van der Waals surface area contributed by atoms with Crippen LogP contribution < -0.4 is 9.47 Å². The van der Waals surface area contributed by atoms with E-state index in [4.69, 9.17) is 9.47 Å². The SMILES string of the molecule is CCCc1cc(C)c(C2CCCCC2)c(OC(=O)c2ccccc2)c1OC(=O)c1ccccc1. The van der Waals surface area contributed by atoms with Gasteiger partial charge in [0.2, 0.25) is 0 Å². The summed E-state index contributed by atoms with van der Waals surface area (Å²) in [7, 11) is 0. The molecule has 0 heterocycles. The van der Waals surface area contributed by atoms with E-state index in [1.807, 2.05) is 36.4 Å². The van der Waals surface area contributed by atoms with Gasteiger partial charge in [-0.2, -0.15) is 0 Å². The molecule has 0 bridgehead atoms. The van der Waals surface area contributed by atoms with E-state index in [-0.39, 0.29) is 5.92 Å². The monoisotopic (exact) mass is 456 g/mol. The lowest BCUT2D eigenvalue weighted by molar-refractivity contribution is 0.0678. The molecule has 3 aromatic rings. The summed E-state index contributed by atoms with van der Waals surface area (Å²) in [6.07, 6.45) is 7.19. The normalized spacial score (nSPS) is 13.9. The van der Waals surface area contributed by atoms with Gasteiger partial charge in [0.15, 0.2) is 11.5 Å². The zero-order valence-corrected chi connectivity index (χ0v) is 20.0. The van der Waals surface area contributed by atoms with E-state index < -0.39 is 11.9 Å². The van der Waals surface area contributed by atoms with E-state index in [0.29, 0.717) is 22.6 Å². The van der Waals surface area contributed by atoms with E-state index in [0.717, 1.165) is 55.2 Å². The molecule has 4 nitrogen and oxygen atoms in total. The van der Waals surface area contributed by atoms with Crippen LogP contribution in [-0.2, 0) is 6.42 Å². The van der Waals surface area contributed by atoms with Crippen LogP contribution in [0.4, 0.5) is 0 Å². The number of carbonyl (C=O) groups excluding carboxylic acids is 2. The lowest BCUT2D eigenvalue weighted by atomic mass is 9.81. The first-order valence-corrected chi connectivity index (χ1v) is 12.3. The number of hydrogen-bond donors (Lipinski definition) is 0. The Labute approximate surface area is 201 Å². The second kappa shape index (κ2) is 11.1. The number of benzene rings is 3. The fourth-order valence-corrected chi connectivity index (χ4v) is 4.87. The van der Waals surface area contributed by atoms with Crippen molar-refractivity contribution in [3.8, 4) is 11.5 Å². The van der Waals surface area contributed by atoms with Crippen LogP contribution in [0.5, 0.6) is 11.5 Å².